The zero-order chi connectivity index (χ0) is 10.7. The van der Waals surface area contributed by atoms with Gasteiger partial charge in [0.2, 0.25) is 0 Å². The van der Waals surface area contributed by atoms with E-state index in [1.165, 1.54) is 12.8 Å². The second-order valence-corrected chi connectivity index (χ2v) is 4.67. The van der Waals surface area contributed by atoms with E-state index in [2.05, 4.69) is 10.1 Å². The quantitative estimate of drug-likeness (QED) is 0.356. The topological polar surface area (TPSA) is 61.9 Å². The molecule has 0 aromatic carbocycles. The van der Waals surface area contributed by atoms with E-state index in [0.717, 1.165) is 18.0 Å². The Balaban J connectivity index is 2.23. The van der Waals surface area contributed by atoms with Crippen LogP contribution in [0.15, 0.2) is 22.7 Å². The van der Waals surface area contributed by atoms with Gasteiger partial charge in [0.15, 0.2) is 5.84 Å². The zero-order valence-electron chi connectivity index (χ0n) is 8.47. The number of hydrogen-bond donors (Lipinski definition) is 2. The summed E-state index contributed by atoms with van der Waals surface area (Å²) in [4.78, 5) is 3.41. The molecule has 1 aromatic heterocycles. The smallest absolute Gasteiger partial charge is 0.161 e. The van der Waals surface area contributed by atoms with E-state index in [4.69, 9.17) is 10.9 Å². The van der Waals surface area contributed by atoms with Crippen molar-refractivity contribution in [1.82, 2.24) is 4.90 Å². The van der Waals surface area contributed by atoms with Gasteiger partial charge in [-0.3, -0.25) is 4.90 Å². The van der Waals surface area contributed by atoms with Crippen molar-refractivity contribution in [2.24, 2.45) is 10.9 Å². The minimum absolute atomic E-state index is 0.0440. The van der Waals surface area contributed by atoms with E-state index in [0.29, 0.717) is 5.84 Å². The van der Waals surface area contributed by atoms with Crippen LogP contribution in [-0.2, 0) is 0 Å². The monoisotopic (exact) mass is 225 g/mol. The Morgan fingerprint density at radius 3 is 2.80 bits per heavy atom. The van der Waals surface area contributed by atoms with Gasteiger partial charge in [-0.25, -0.2) is 0 Å². The van der Waals surface area contributed by atoms with Crippen molar-refractivity contribution in [3.05, 3.63) is 22.4 Å². The Kier molecular flexibility index (Phi) is 3.23. The van der Waals surface area contributed by atoms with Crippen molar-refractivity contribution in [3.63, 3.8) is 0 Å². The van der Waals surface area contributed by atoms with Gasteiger partial charge in [-0.1, -0.05) is 11.2 Å². The van der Waals surface area contributed by atoms with E-state index in [1.807, 2.05) is 17.5 Å². The van der Waals surface area contributed by atoms with E-state index < -0.39 is 0 Å². The summed E-state index contributed by atoms with van der Waals surface area (Å²) in [5, 5.41) is 14.0. The fourth-order valence-electron chi connectivity index (χ4n) is 2.01. The highest BCUT2D eigenvalue weighted by Crippen LogP contribution is 2.28. The molecule has 1 aliphatic rings. The van der Waals surface area contributed by atoms with Crippen molar-refractivity contribution in [2.45, 2.75) is 18.9 Å². The highest BCUT2D eigenvalue weighted by molar-refractivity contribution is 7.10. The first-order valence-electron chi connectivity index (χ1n) is 5.08. The molecule has 0 aliphatic carbocycles. The molecule has 1 aliphatic heterocycles. The third-order valence-corrected chi connectivity index (χ3v) is 3.64. The number of thiophene rings is 1. The van der Waals surface area contributed by atoms with Gasteiger partial charge in [-0.05, 0) is 37.4 Å². The lowest BCUT2D eigenvalue weighted by molar-refractivity contribution is 0.280. The minimum Gasteiger partial charge on any atom is -0.409 e. The zero-order valence-corrected chi connectivity index (χ0v) is 9.28. The van der Waals surface area contributed by atoms with Crippen LogP contribution in [0.4, 0.5) is 0 Å². The summed E-state index contributed by atoms with van der Waals surface area (Å²) >= 11 is 1.65. The molecule has 82 valence electrons. The Morgan fingerprint density at radius 1 is 1.53 bits per heavy atom. The maximum Gasteiger partial charge on any atom is 0.161 e. The number of amidine groups is 1. The van der Waals surface area contributed by atoms with E-state index in [-0.39, 0.29) is 6.04 Å². The Hall–Kier alpha value is -1.07. The van der Waals surface area contributed by atoms with Gasteiger partial charge < -0.3 is 10.9 Å². The summed E-state index contributed by atoms with van der Waals surface area (Å²) in [5.41, 5.74) is 5.75. The summed E-state index contributed by atoms with van der Waals surface area (Å²) < 4.78 is 0. The highest BCUT2D eigenvalue weighted by atomic mass is 32.1. The number of hydrogen-bond acceptors (Lipinski definition) is 4. The molecule has 0 amide bonds. The van der Waals surface area contributed by atoms with Crippen LogP contribution < -0.4 is 5.73 Å². The first-order chi connectivity index (χ1) is 7.33. The molecule has 2 rings (SSSR count). The average molecular weight is 225 g/mol. The SMILES string of the molecule is N/C(=N\O)C(c1cccs1)N1CCCC1. The van der Waals surface area contributed by atoms with Gasteiger partial charge in [0, 0.05) is 4.88 Å². The van der Waals surface area contributed by atoms with Crippen molar-refractivity contribution in [3.8, 4) is 0 Å². The van der Waals surface area contributed by atoms with Crippen LogP contribution in [0.5, 0.6) is 0 Å². The summed E-state index contributed by atoms with van der Waals surface area (Å²) in [6, 6.07) is 3.98. The van der Waals surface area contributed by atoms with Crippen LogP contribution in [0.2, 0.25) is 0 Å². The summed E-state index contributed by atoms with van der Waals surface area (Å²) in [5.74, 6) is 0.291. The lowest BCUT2D eigenvalue weighted by atomic mass is 10.2. The molecular weight excluding hydrogens is 210 g/mol. The van der Waals surface area contributed by atoms with Crippen LogP contribution in [0.3, 0.4) is 0 Å². The molecule has 0 bridgehead atoms. The molecular formula is C10H15N3OS. The van der Waals surface area contributed by atoms with Crippen LogP contribution in [0.25, 0.3) is 0 Å². The number of nitrogens with zero attached hydrogens (tertiary/aromatic N) is 2. The molecule has 2 heterocycles. The van der Waals surface area contributed by atoms with E-state index >= 15 is 0 Å². The molecule has 4 nitrogen and oxygen atoms in total. The van der Waals surface area contributed by atoms with Crippen molar-refractivity contribution >= 4 is 17.2 Å². The van der Waals surface area contributed by atoms with Gasteiger partial charge in [0.1, 0.15) is 6.04 Å². The van der Waals surface area contributed by atoms with Crippen LogP contribution in [0, 0.1) is 0 Å². The fourth-order valence-corrected chi connectivity index (χ4v) is 2.88. The first kappa shape index (κ1) is 10.4. The lowest BCUT2D eigenvalue weighted by Crippen LogP contribution is -2.35. The number of nitrogens with two attached hydrogens (primary N) is 1. The van der Waals surface area contributed by atoms with Crippen molar-refractivity contribution < 1.29 is 5.21 Å². The summed E-state index contributed by atoms with van der Waals surface area (Å²) in [7, 11) is 0. The first-order valence-corrected chi connectivity index (χ1v) is 5.96. The van der Waals surface area contributed by atoms with Gasteiger partial charge in [-0.2, -0.15) is 0 Å². The van der Waals surface area contributed by atoms with E-state index in [1.54, 1.807) is 11.3 Å². The number of oxime groups is 1. The Morgan fingerprint density at radius 2 is 2.27 bits per heavy atom. The van der Waals surface area contributed by atoms with Gasteiger partial charge >= 0.3 is 0 Å². The highest BCUT2D eigenvalue weighted by Gasteiger charge is 2.27. The molecule has 5 heteroatoms. The normalized spacial score (nSPS) is 20.7. The molecule has 1 aromatic rings. The largest absolute Gasteiger partial charge is 0.409 e. The Bertz CT molecular complexity index is 330. The third-order valence-electron chi connectivity index (χ3n) is 2.71. The summed E-state index contributed by atoms with van der Waals surface area (Å²) in [6.07, 6.45) is 2.39. The van der Waals surface area contributed by atoms with Gasteiger partial charge in [0.25, 0.3) is 0 Å². The second-order valence-electron chi connectivity index (χ2n) is 3.69. The maximum absolute atomic E-state index is 8.81. The maximum atomic E-state index is 8.81. The second kappa shape index (κ2) is 4.63. The molecule has 0 saturated carbocycles. The Labute approximate surface area is 93.0 Å². The molecule has 1 atom stereocenters. The molecule has 1 saturated heterocycles. The third kappa shape index (κ3) is 2.13. The van der Waals surface area contributed by atoms with Crippen molar-refractivity contribution in [1.29, 1.82) is 0 Å². The predicted octanol–water partition coefficient (Wildman–Crippen LogP) is 1.63. The summed E-state index contributed by atoms with van der Waals surface area (Å²) in [6.45, 7) is 2.05. The number of rotatable bonds is 3. The standard InChI is InChI=1S/C10H15N3OS/c11-10(12-14)9(8-4-3-7-15-8)13-5-1-2-6-13/h3-4,7,9,14H,1-2,5-6H2,(H2,11,12). The molecule has 3 N–H and O–H groups in total. The van der Waals surface area contributed by atoms with Crippen LogP contribution in [0.1, 0.15) is 23.8 Å². The molecule has 0 spiro atoms. The predicted molar refractivity (Wildman–Crippen MR) is 61.3 cm³/mol. The molecule has 1 fully saturated rings. The molecule has 15 heavy (non-hydrogen) atoms. The van der Waals surface area contributed by atoms with Crippen LogP contribution in [-0.4, -0.2) is 29.0 Å². The van der Waals surface area contributed by atoms with Gasteiger partial charge in [0.05, 0.1) is 0 Å². The van der Waals surface area contributed by atoms with Crippen molar-refractivity contribution in [2.75, 3.05) is 13.1 Å². The lowest BCUT2D eigenvalue weighted by Gasteiger charge is -2.25. The van der Waals surface area contributed by atoms with Crippen LogP contribution >= 0.6 is 11.3 Å². The minimum atomic E-state index is -0.0440. The fraction of sp³-hybridized carbons (Fsp3) is 0.500. The van der Waals surface area contributed by atoms with E-state index in [9.17, 15) is 0 Å². The molecule has 0 radical (unpaired) electrons. The number of likely N-dealkylation sites (tertiary alicyclic amines) is 1. The van der Waals surface area contributed by atoms with Gasteiger partial charge in [-0.15, -0.1) is 11.3 Å². The molecule has 1 unspecified atom stereocenters. The average Bonchev–Trinajstić information content (AvgIpc) is 2.90.